The molecule has 0 radical (unpaired) electrons. The molecule has 0 bridgehead atoms. The van der Waals surface area contributed by atoms with E-state index >= 15 is 0 Å². The maximum atomic E-state index is 13.7. The standard InChI is InChI=1S/C31H25N3O3/c35-26-17-8-7-16-25(26)28-27-29(33-32-28)31(36)34(19-18-21-10-3-1-4-11-21)30(27)22-12-9-15-24(20-22)37-23-13-5-2-6-14-23/h1-17,20,30,35H,18-19H2,(H,32,33)/t30-/m0/s1. The topological polar surface area (TPSA) is 78.5 Å². The Hall–Kier alpha value is -4.84. The fraction of sp³-hybridized carbons (Fsp3) is 0.0968. The zero-order chi connectivity index (χ0) is 25.2. The van der Waals surface area contributed by atoms with Gasteiger partial charge in [0, 0.05) is 17.7 Å². The molecule has 1 aliphatic rings. The lowest BCUT2D eigenvalue weighted by Crippen LogP contribution is -2.31. The highest BCUT2D eigenvalue weighted by Gasteiger charge is 2.42. The molecule has 2 heterocycles. The SMILES string of the molecule is O=C1c2[nH]nc(-c3ccccc3O)c2[C@H](c2cccc(Oc3ccccc3)c2)N1CCc1ccccc1. The summed E-state index contributed by atoms with van der Waals surface area (Å²) < 4.78 is 6.11. The van der Waals surface area contributed by atoms with E-state index in [1.54, 1.807) is 12.1 Å². The maximum Gasteiger partial charge on any atom is 0.273 e. The first-order valence-corrected chi connectivity index (χ1v) is 12.2. The summed E-state index contributed by atoms with van der Waals surface area (Å²) in [6, 6.07) is 34.2. The third kappa shape index (κ3) is 4.34. The number of ether oxygens (including phenoxy) is 1. The van der Waals surface area contributed by atoms with E-state index in [0.717, 1.165) is 22.4 Å². The van der Waals surface area contributed by atoms with Crippen LogP contribution >= 0.6 is 0 Å². The first kappa shape index (κ1) is 22.6. The molecule has 182 valence electrons. The average Bonchev–Trinajstić information content (AvgIpc) is 3.47. The summed E-state index contributed by atoms with van der Waals surface area (Å²) in [5.41, 5.74) is 4.43. The molecule has 6 heteroatoms. The van der Waals surface area contributed by atoms with Crippen LogP contribution in [0.5, 0.6) is 17.2 Å². The van der Waals surface area contributed by atoms with Crippen LogP contribution in [0.15, 0.2) is 109 Å². The van der Waals surface area contributed by atoms with Crippen LogP contribution in [0.2, 0.25) is 0 Å². The first-order chi connectivity index (χ1) is 18.2. The summed E-state index contributed by atoms with van der Waals surface area (Å²) in [7, 11) is 0. The average molecular weight is 488 g/mol. The Bertz CT molecular complexity index is 1550. The quantitative estimate of drug-likeness (QED) is 0.280. The van der Waals surface area contributed by atoms with E-state index in [1.165, 1.54) is 0 Å². The summed E-state index contributed by atoms with van der Waals surface area (Å²) in [5.74, 6) is 1.42. The van der Waals surface area contributed by atoms with Gasteiger partial charge in [0.25, 0.3) is 5.91 Å². The van der Waals surface area contributed by atoms with E-state index in [0.29, 0.717) is 35.7 Å². The molecule has 6 nitrogen and oxygen atoms in total. The molecule has 0 saturated carbocycles. The molecule has 4 aromatic carbocycles. The van der Waals surface area contributed by atoms with Gasteiger partial charge in [0.05, 0.1) is 6.04 Å². The minimum absolute atomic E-state index is 0.112. The number of aromatic nitrogens is 2. The number of nitrogens with one attached hydrogen (secondary N) is 1. The lowest BCUT2D eigenvalue weighted by molar-refractivity contribution is 0.0746. The van der Waals surface area contributed by atoms with Crippen molar-refractivity contribution in [3.63, 3.8) is 0 Å². The molecule has 1 aliphatic heterocycles. The van der Waals surface area contributed by atoms with Crippen LogP contribution in [0.3, 0.4) is 0 Å². The maximum absolute atomic E-state index is 13.7. The van der Waals surface area contributed by atoms with Crippen LogP contribution in [0.25, 0.3) is 11.3 Å². The molecule has 0 saturated heterocycles. The second kappa shape index (κ2) is 9.66. The van der Waals surface area contributed by atoms with Crippen molar-refractivity contribution in [3.05, 3.63) is 132 Å². The first-order valence-electron chi connectivity index (χ1n) is 12.2. The molecule has 5 aromatic rings. The number of carbonyl (C=O) groups is 1. The second-order valence-corrected chi connectivity index (χ2v) is 9.00. The number of H-pyrrole nitrogens is 1. The Balaban J connectivity index is 1.42. The summed E-state index contributed by atoms with van der Waals surface area (Å²) in [4.78, 5) is 15.5. The van der Waals surface area contributed by atoms with Gasteiger partial charge in [-0.05, 0) is 53.9 Å². The Morgan fingerprint density at radius 3 is 2.32 bits per heavy atom. The molecule has 0 unspecified atom stereocenters. The van der Waals surface area contributed by atoms with Crippen LogP contribution in [-0.4, -0.2) is 32.7 Å². The van der Waals surface area contributed by atoms with E-state index < -0.39 is 0 Å². The third-order valence-corrected chi connectivity index (χ3v) is 6.66. The van der Waals surface area contributed by atoms with Crippen molar-refractivity contribution in [1.29, 1.82) is 0 Å². The molecular weight excluding hydrogens is 462 g/mol. The smallest absolute Gasteiger partial charge is 0.273 e. The number of aromatic hydroxyl groups is 1. The van der Waals surface area contributed by atoms with Crippen molar-refractivity contribution in [1.82, 2.24) is 15.1 Å². The van der Waals surface area contributed by atoms with Crippen molar-refractivity contribution >= 4 is 5.91 Å². The van der Waals surface area contributed by atoms with Gasteiger partial charge in [-0.3, -0.25) is 9.89 Å². The molecule has 1 amide bonds. The fourth-order valence-electron chi connectivity index (χ4n) is 4.92. The number of phenolic OH excluding ortho intramolecular Hbond substituents is 1. The number of aromatic amines is 1. The van der Waals surface area contributed by atoms with E-state index in [1.807, 2.05) is 89.8 Å². The third-order valence-electron chi connectivity index (χ3n) is 6.66. The molecule has 6 rings (SSSR count). The molecule has 0 spiro atoms. The van der Waals surface area contributed by atoms with Gasteiger partial charge in [-0.1, -0.05) is 72.8 Å². The largest absolute Gasteiger partial charge is 0.507 e. The van der Waals surface area contributed by atoms with Gasteiger partial charge in [-0.15, -0.1) is 0 Å². The van der Waals surface area contributed by atoms with Gasteiger partial charge in [0.15, 0.2) is 0 Å². The number of nitrogens with zero attached hydrogens (tertiary/aromatic N) is 2. The van der Waals surface area contributed by atoms with Crippen molar-refractivity contribution in [2.75, 3.05) is 6.54 Å². The van der Waals surface area contributed by atoms with Crippen molar-refractivity contribution in [3.8, 4) is 28.5 Å². The summed E-state index contributed by atoms with van der Waals surface area (Å²) in [6.07, 6.45) is 0.715. The Kier molecular flexibility index (Phi) is 5.91. The van der Waals surface area contributed by atoms with Crippen LogP contribution in [0.4, 0.5) is 0 Å². The number of benzene rings is 4. The van der Waals surface area contributed by atoms with Gasteiger partial charge in [0.1, 0.15) is 28.6 Å². The van der Waals surface area contributed by atoms with E-state index in [4.69, 9.17) is 4.74 Å². The molecular formula is C31H25N3O3. The zero-order valence-electron chi connectivity index (χ0n) is 20.0. The van der Waals surface area contributed by atoms with Crippen LogP contribution in [-0.2, 0) is 6.42 Å². The number of fused-ring (bicyclic) bond motifs is 1. The molecule has 1 atom stereocenters. The monoisotopic (exact) mass is 487 g/mol. The van der Waals surface area contributed by atoms with Gasteiger partial charge in [0.2, 0.25) is 0 Å². The minimum atomic E-state index is -0.390. The van der Waals surface area contributed by atoms with Crippen molar-refractivity contribution in [2.45, 2.75) is 12.5 Å². The zero-order valence-corrected chi connectivity index (χ0v) is 20.0. The summed E-state index contributed by atoms with van der Waals surface area (Å²) in [6.45, 7) is 0.528. The number of hydrogen-bond acceptors (Lipinski definition) is 4. The van der Waals surface area contributed by atoms with Crippen LogP contribution < -0.4 is 4.74 Å². The number of rotatable bonds is 7. The highest BCUT2D eigenvalue weighted by molar-refractivity contribution is 6.00. The predicted molar refractivity (Wildman–Crippen MR) is 142 cm³/mol. The summed E-state index contributed by atoms with van der Waals surface area (Å²) >= 11 is 0. The number of amides is 1. The van der Waals surface area contributed by atoms with E-state index in [2.05, 4.69) is 22.3 Å². The lowest BCUT2D eigenvalue weighted by atomic mass is 9.95. The fourth-order valence-corrected chi connectivity index (χ4v) is 4.92. The number of phenols is 1. The highest BCUT2D eigenvalue weighted by atomic mass is 16.5. The second-order valence-electron chi connectivity index (χ2n) is 9.00. The summed E-state index contributed by atoms with van der Waals surface area (Å²) in [5, 5.41) is 18.0. The number of carbonyl (C=O) groups excluding carboxylic acids is 1. The highest BCUT2D eigenvalue weighted by Crippen LogP contribution is 2.45. The van der Waals surface area contributed by atoms with Gasteiger partial charge in [-0.25, -0.2) is 0 Å². The van der Waals surface area contributed by atoms with Crippen molar-refractivity contribution < 1.29 is 14.6 Å². The molecule has 0 fully saturated rings. The van der Waals surface area contributed by atoms with Crippen molar-refractivity contribution in [2.24, 2.45) is 0 Å². The van der Waals surface area contributed by atoms with Crippen LogP contribution in [0.1, 0.15) is 33.2 Å². The van der Waals surface area contributed by atoms with Gasteiger partial charge < -0.3 is 14.7 Å². The molecule has 0 aliphatic carbocycles. The normalized spacial score (nSPS) is 14.5. The lowest BCUT2D eigenvalue weighted by Gasteiger charge is -2.27. The minimum Gasteiger partial charge on any atom is -0.507 e. The van der Waals surface area contributed by atoms with E-state index in [9.17, 15) is 9.90 Å². The Labute approximate surface area is 214 Å². The van der Waals surface area contributed by atoms with Crippen LogP contribution in [0, 0.1) is 0 Å². The van der Waals surface area contributed by atoms with Gasteiger partial charge >= 0.3 is 0 Å². The Morgan fingerprint density at radius 1 is 0.838 bits per heavy atom. The molecule has 2 N–H and O–H groups in total. The molecule has 37 heavy (non-hydrogen) atoms. The van der Waals surface area contributed by atoms with Gasteiger partial charge in [-0.2, -0.15) is 5.10 Å². The van der Waals surface area contributed by atoms with E-state index in [-0.39, 0.29) is 17.7 Å². The number of para-hydroxylation sites is 2. The predicted octanol–water partition coefficient (Wildman–Crippen LogP) is 6.36. The Morgan fingerprint density at radius 2 is 1.54 bits per heavy atom. The molecule has 1 aromatic heterocycles. The number of hydrogen-bond donors (Lipinski definition) is 2.